The van der Waals surface area contributed by atoms with Gasteiger partial charge in [0.2, 0.25) is 0 Å². The van der Waals surface area contributed by atoms with E-state index in [9.17, 15) is 4.79 Å². The van der Waals surface area contributed by atoms with Crippen molar-refractivity contribution >= 4 is 5.91 Å². The van der Waals surface area contributed by atoms with Crippen molar-refractivity contribution in [3.05, 3.63) is 17.5 Å². The van der Waals surface area contributed by atoms with Gasteiger partial charge in [-0.05, 0) is 52.8 Å². The number of likely N-dealkylation sites (tertiary alicyclic amines) is 1. The standard InChI is InChI=1S/C16H26N4O2/c1-12-10-14(18-17-12)15(21)20-7-5-16(6-8-20)11-13(19(2)3)4-9-22-16/h10,13H,4-9,11H2,1-3H3,(H,17,18)/t13-/m1/s1. The van der Waals surface area contributed by atoms with Crippen molar-refractivity contribution in [2.75, 3.05) is 33.8 Å². The number of nitrogens with one attached hydrogen (secondary N) is 1. The topological polar surface area (TPSA) is 61.5 Å². The van der Waals surface area contributed by atoms with E-state index in [-0.39, 0.29) is 11.5 Å². The molecule has 2 aliphatic rings. The van der Waals surface area contributed by atoms with Gasteiger partial charge in [0.15, 0.2) is 0 Å². The molecule has 0 aliphatic carbocycles. The molecule has 122 valence electrons. The van der Waals surface area contributed by atoms with E-state index in [2.05, 4.69) is 29.2 Å². The van der Waals surface area contributed by atoms with E-state index in [0.29, 0.717) is 11.7 Å². The molecule has 3 rings (SSSR count). The minimum Gasteiger partial charge on any atom is -0.375 e. The van der Waals surface area contributed by atoms with Crippen LogP contribution in [0.1, 0.15) is 41.9 Å². The summed E-state index contributed by atoms with van der Waals surface area (Å²) in [4.78, 5) is 16.7. The molecule has 0 bridgehead atoms. The predicted octanol–water partition coefficient (Wildman–Crippen LogP) is 1.43. The number of carbonyl (C=O) groups is 1. The normalized spacial score (nSPS) is 24.9. The molecule has 0 unspecified atom stereocenters. The Bertz CT molecular complexity index is 532. The van der Waals surface area contributed by atoms with E-state index in [0.717, 1.165) is 51.1 Å². The van der Waals surface area contributed by atoms with Crippen LogP contribution >= 0.6 is 0 Å². The summed E-state index contributed by atoms with van der Waals surface area (Å²) in [7, 11) is 4.28. The first-order valence-electron chi connectivity index (χ1n) is 8.11. The maximum Gasteiger partial charge on any atom is 0.274 e. The fourth-order valence-electron chi connectivity index (χ4n) is 3.60. The van der Waals surface area contributed by atoms with Crippen LogP contribution in [-0.2, 0) is 4.74 Å². The number of aromatic amines is 1. The van der Waals surface area contributed by atoms with E-state index in [1.54, 1.807) is 0 Å². The van der Waals surface area contributed by atoms with Crippen LogP contribution < -0.4 is 0 Å². The van der Waals surface area contributed by atoms with Gasteiger partial charge in [0.25, 0.3) is 5.91 Å². The SMILES string of the molecule is Cc1cc(C(=O)N2CCC3(CC2)C[C@H](N(C)C)CCO3)n[nH]1. The van der Waals surface area contributed by atoms with Crippen molar-refractivity contribution in [1.82, 2.24) is 20.0 Å². The van der Waals surface area contributed by atoms with E-state index < -0.39 is 0 Å². The van der Waals surface area contributed by atoms with Crippen LogP contribution in [0.5, 0.6) is 0 Å². The highest BCUT2D eigenvalue weighted by Crippen LogP contribution is 2.36. The molecule has 0 radical (unpaired) electrons. The minimum absolute atomic E-state index is 0.0270. The van der Waals surface area contributed by atoms with Gasteiger partial charge in [0.1, 0.15) is 5.69 Å². The Morgan fingerprint density at radius 1 is 1.45 bits per heavy atom. The molecule has 2 fully saturated rings. The van der Waals surface area contributed by atoms with Gasteiger partial charge >= 0.3 is 0 Å². The third-order valence-electron chi connectivity index (χ3n) is 5.08. The average molecular weight is 306 g/mol. The van der Waals surface area contributed by atoms with Crippen LogP contribution in [0.3, 0.4) is 0 Å². The molecule has 2 aliphatic heterocycles. The second-order valence-electron chi connectivity index (χ2n) is 6.87. The number of rotatable bonds is 2. The zero-order valence-electron chi connectivity index (χ0n) is 13.8. The largest absolute Gasteiger partial charge is 0.375 e. The second kappa shape index (κ2) is 6.01. The number of carbonyl (C=O) groups excluding carboxylic acids is 1. The van der Waals surface area contributed by atoms with Crippen molar-refractivity contribution < 1.29 is 9.53 Å². The van der Waals surface area contributed by atoms with Gasteiger partial charge in [0, 0.05) is 31.4 Å². The Hall–Kier alpha value is -1.40. The molecule has 22 heavy (non-hydrogen) atoms. The zero-order chi connectivity index (χ0) is 15.7. The van der Waals surface area contributed by atoms with Crippen LogP contribution in [0.2, 0.25) is 0 Å². The number of aromatic nitrogens is 2. The molecule has 1 aromatic rings. The van der Waals surface area contributed by atoms with Crippen molar-refractivity contribution in [2.45, 2.75) is 44.2 Å². The molecule has 1 aromatic heterocycles. The van der Waals surface area contributed by atoms with Crippen molar-refractivity contribution in [2.24, 2.45) is 0 Å². The lowest BCUT2D eigenvalue weighted by atomic mass is 9.82. The number of aryl methyl sites for hydroxylation is 1. The first-order valence-corrected chi connectivity index (χ1v) is 8.11. The molecule has 1 amide bonds. The second-order valence-corrected chi connectivity index (χ2v) is 6.87. The van der Waals surface area contributed by atoms with Gasteiger partial charge in [-0.3, -0.25) is 9.89 Å². The summed E-state index contributed by atoms with van der Waals surface area (Å²) in [6.45, 7) is 4.25. The quantitative estimate of drug-likeness (QED) is 0.898. The number of amides is 1. The fourth-order valence-corrected chi connectivity index (χ4v) is 3.60. The van der Waals surface area contributed by atoms with Crippen LogP contribution in [0.15, 0.2) is 6.07 Å². The molecule has 2 saturated heterocycles. The molecule has 1 atom stereocenters. The number of H-pyrrole nitrogens is 1. The van der Waals surface area contributed by atoms with Crippen molar-refractivity contribution in [3.63, 3.8) is 0 Å². The van der Waals surface area contributed by atoms with Crippen molar-refractivity contribution in [3.8, 4) is 0 Å². The van der Waals surface area contributed by atoms with E-state index in [4.69, 9.17) is 4.74 Å². The number of ether oxygens (including phenoxy) is 1. The summed E-state index contributed by atoms with van der Waals surface area (Å²) in [6.07, 6.45) is 4.02. The smallest absolute Gasteiger partial charge is 0.274 e. The highest BCUT2D eigenvalue weighted by molar-refractivity contribution is 5.92. The summed E-state index contributed by atoms with van der Waals surface area (Å²) < 4.78 is 6.14. The summed E-state index contributed by atoms with van der Waals surface area (Å²) in [5.74, 6) is 0.0270. The Kier molecular flexibility index (Phi) is 4.23. The summed E-state index contributed by atoms with van der Waals surface area (Å²) in [5, 5.41) is 6.91. The molecular weight excluding hydrogens is 280 g/mol. The Balaban J connectivity index is 1.61. The fraction of sp³-hybridized carbons (Fsp3) is 0.750. The van der Waals surface area contributed by atoms with Gasteiger partial charge in [-0.25, -0.2) is 0 Å². The molecule has 6 heteroatoms. The highest BCUT2D eigenvalue weighted by Gasteiger charge is 2.41. The monoisotopic (exact) mass is 306 g/mol. The summed E-state index contributed by atoms with van der Waals surface area (Å²) in [5.41, 5.74) is 1.40. The molecule has 6 nitrogen and oxygen atoms in total. The first-order chi connectivity index (χ1) is 10.5. The van der Waals surface area contributed by atoms with Crippen LogP contribution in [0.4, 0.5) is 0 Å². The molecule has 0 aromatic carbocycles. The first kappa shape index (κ1) is 15.5. The number of piperidine rings is 1. The van der Waals surface area contributed by atoms with E-state index >= 15 is 0 Å². The van der Waals surface area contributed by atoms with Gasteiger partial charge in [-0.1, -0.05) is 0 Å². The van der Waals surface area contributed by atoms with E-state index in [1.165, 1.54) is 0 Å². The number of hydrogen-bond acceptors (Lipinski definition) is 4. The molecule has 0 saturated carbocycles. The lowest BCUT2D eigenvalue weighted by Gasteiger charge is -2.47. The van der Waals surface area contributed by atoms with Crippen molar-refractivity contribution in [1.29, 1.82) is 0 Å². The summed E-state index contributed by atoms with van der Waals surface area (Å²) >= 11 is 0. The highest BCUT2D eigenvalue weighted by atomic mass is 16.5. The van der Waals surface area contributed by atoms with Crippen LogP contribution in [0, 0.1) is 6.92 Å². The number of hydrogen-bond donors (Lipinski definition) is 1. The van der Waals surface area contributed by atoms with Gasteiger partial charge in [0.05, 0.1) is 5.60 Å². The Morgan fingerprint density at radius 3 is 2.77 bits per heavy atom. The van der Waals surface area contributed by atoms with Crippen LogP contribution in [-0.4, -0.2) is 71.3 Å². The predicted molar refractivity (Wildman–Crippen MR) is 83.9 cm³/mol. The third kappa shape index (κ3) is 3.03. The molecule has 3 heterocycles. The average Bonchev–Trinajstić information content (AvgIpc) is 2.94. The van der Waals surface area contributed by atoms with Gasteiger partial charge < -0.3 is 14.5 Å². The van der Waals surface area contributed by atoms with Gasteiger partial charge in [-0.2, -0.15) is 5.10 Å². The Labute approximate surface area is 131 Å². The van der Waals surface area contributed by atoms with E-state index in [1.807, 2.05) is 17.9 Å². The summed E-state index contributed by atoms with van der Waals surface area (Å²) in [6, 6.07) is 2.40. The lowest BCUT2D eigenvalue weighted by molar-refractivity contribution is -0.125. The Morgan fingerprint density at radius 2 is 2.18 bits per heavy atom. The molecule has 1 N–H and O–H groups in total. The van der Waals surface area contributed by atoms with Gasteiger partial charge in [-0.15, -0.1) is 0 Å². The minimum atomic E-state index is -0.0363. The maximum atomic E-state index is 12.5. The zero-order valence-corrected chi connectivity index (χ0v) is 13.8. The maximum absolute atomic E-state index is 12.5. The molecule has 1 spiro atoms. The third-order valence-corrected chi connectivity index (χ3v) is 5.08. The number of nitrogens with zero attached hydrogens (tertiary/aromatic N) is 3. The lowest BCUT2D eigenvalue weighted by Crippen LogP contribution is -2.53. The molecular formula is C16H26N4O2. The van der Waals surface area contributed by atoms with Crippen LogP contribution in [0.25, 0.3) is 0 Å².